The standard InChI is InChI=1S/C18H24N2O5/c1-6-13(10-22-3)19-18(21)16-11(2)20-25-17(16)12-7-14(23-4)9-15(8-12)24-5/h7-9,13H,6,10H2,1-5H3,(H,19,21)/t13-/m1/s1. The Bertz CT molecular complexity index is 704. The fourth-order valence-electron chi connectivity index (χ4n) is 2.49. The SMILES string of the molecule is CC[C@H](COC)NC(=O)c1c(C)noc1-c1cc(OC)cc(OC)c1. The minimum absolute atomic E-state index is 0.0838. The van der Waals surface area contributed by atoms with Crippen molar-refractivity contribution < 1.29 is 23.5 Å². The first-order chi connectivity index (χ1) is 12.0. The molecule has 0 unspecified atom stereocenters. The average Bonchev–Trinajstić information content (AvgIpc) is 3.02. The maximum absolute atomic E-state index is 12.7. The number of carbonyl (C=O) groups excluding carboxylic acids is 1. The molecule has 0 saturated heterocycles. The lowest BCUT2D eigenvalue weighted by Gasteiger charge is -2.16. The first kappa shape index (κ1) is 18.8. The number of rotatable bonds is 8. The van der Waals surface area contributed by atoms with Gasteiger partial charge >= 0.3 is 0 Å². The summed E-state index contributed by atoms with van der Waals surface area (Å²) in [6.07, 6.45) is 0.756. The molecule has 7 nitrogen and oxygen atoms in total. The van der Waals surface area contributed by atoms with E-state index in [1.54, 1.807) is 46.5 Å². The summed E-state index contributed by atoms with van der Waals surface area (Å²) in [6.45, 7) is 4.16. The van der Waals surface area contributed by atoms with Crippen molar-refractivity contribution in [2.75, 3.05) is 27.9 Å². The Morgan fingerprint density at radius 2 is 1.84 bits per heavy atom. The maximum Gasteiger partial charge on any atom is 0.257 e. The molecule has 136 valence electrons. The summed E-state index contributed by atoms with van der Waals surface area (Å²) < 4.78 is 21.1. The van der Waals surface area contributed by atoms with Gasteiger partial charge in [-0.3, -0.25) is 4.79 Å². The van der Waals surface area contributed by atoms with Crippen LogP contribution in [0, 0.1) is 6.92 Å². The smallest absolute Gasteiger partial charge is 0.257 e. The molecule has 0 spiro atoms. The number of aromatic nitrogens is 1. The van der Waals surface area contributed by atoms with Crippen molar-refractivity contribution in [1.29, 1.82) is 0 Å². The van der Waals surface area contributed by atoms with Crippen LogP contribution in [0.15, 0.2) is 22.7 Å². The molecule has 0 radical (unpaired) electrons. The molecule has 0 aliphatic rings. The van der Waals surface area contributed by atoms with Crippen LogP contribution in [0.4, 0.5) is 0 Å². The maximum atomic E-state index is 12.7. The van der Waals surface area contributed by atoms with E-state index in [0.29, 0.717) is 40.7 Å². The summed E-state index contributed by atoms with van der Waals surface area (Å²) in [7, 11) is 4.73. The zero-order valence-corrected chi connectivity index (χ0v) is 15.2. The molecule has 25 heavy (non-hydrogen) atoms. The van der Waals surface area contributed by atoms with E-state index in [1.807, 2.05) is 6.92 Å². The molecule has 2 rings (SSSR count). The normalized spacial score (nSPS) is 11.9. The molecule has 1 N–H and O–H groups in total. The lowest BCUT2D eigenvalue weighted by Crippen LogP contribution is -2.37. The minimum Gasteiger partial charge on any atom is -0.497 e. The summed E-state index contributed by atoms with van der Waals surface area (Å²) in [5.41, 5.74) is 1.56. The Morgan fingerprint density at radius 3 is 2.36 bits per heavy atom. The molecule has 7 heteroatoms. The number of ether oxygens (including phenoxy) is 3. The van der Waals surface area contributed by atoms with Gasteiger partial charge in [0, 0.05) is 18.7 Å². The van der Waals surface area contributed by atoms with Crippen molar-refractivity contribution in [3.8, 4) is 22.8 Å². The second-order valence-corrected chi connectivity index (χ2v) is 5.61. The second kappa shape index (κ2) is 8.53. The summed E-state index contributed by atoms with van der Waals surface area (Å²) in [4.78, 5) is 12.7. The monoisotopic (exact) mass is 348 g/mol. The number of aryl methyl sites for hydroxylation is 1. The van der Waals surface area contributed by atoms with Gasteiger partial charge in [0.15, 0.2) is 5.76 Å². The highest BCUT2D eigenvalue weighted by Gasteiger charge is 2.24. The average molecular weight is 348 g/mol. The van der Waals surface area contributed by atoms with Crippen molar-refractivity contribution in [3.63, 3.8) is 0 Å². The first-order valence-electron chi connectivity index (χ1n) is 8.03. The largest absolute Gasteiger partial charge is 0.497 e. The number of nitrogens with zero attached hydrogens (tertiary/aromatic N) is 1. The van der Waals surface area contributed by atoms with Crippen LogP contribution in [-0.4, -0.2) is 45.0 Å². The van der Waals surface area contributed by atoms with E-state index in [9.17, 15) is 4.79 Å². The molecule has 0 aliphatic heterocycles. The Kier molecular flexibility index (Phi) is 6.41. The fourth-order valence-corrected chi connectivity index (χ4v) is 2.49. The predicted octanol–water partition coefficient (Wildman–Crippen LogP) is 2.82. The number of hydrogen-bond donors (Lipinski definition) is 1. The third-order valence-corrected chi connectivity index (χ3v) is 3.90. The van der Waals surface area contributed by atoms with E-state index in [4.69, 9.17) is 18.7 Å². The van der Waals surface area contributed by atoms with Gasteiger partial charge in [-0.25, -0.2) is 0 Å². The third kappa shape index (κ3) is 4.30. The van der Waals surface area contributed by atoms with Crippen molar-refractivity contribution >= 4 is 5.91 Å². The summed E-state index contributed by atoms with van der Waals surface area (Å²) >= 11 is 0. The van der Waals surface area contributed by atoms with E-state index >= 15 is 0 Å². The molecule has 0 bridgehead atoms. The van der Waals surface area contributed by atoms with Gasteiger partial charge in [-0.2, -0.15) is 0 Å². The Morgan fingerprint density at radius 1 is 1.20 bits per heavy atom. The van der Waals surface area contributed by atoms with E-state index < -0.39 is 0 Å². The molecule has 1 aromatic heterocycles. The zero-order chi connectivity index (χ0) is 18.4. The van der Waals surface area contributed by atoms with Crippen molar-refractivity contribution in [2.24, 2.45) is 0 Å². The van der Waals surface area contributed by atoms with Gasteiger partial charge in [-0.05, 0) is 25.5 Å². The van der Waals surface area contributed by atoms with Crippen molar-refractivity contribution in [2.45, 2.75) is 26.3 Å². The zero-order valence-electron chi connectivity index (χ0n) is 15.2. The molecule has 1 atom stereocenters. The van der Waals surface area contributed by atoms with Crippen LogP contribution < -0.4 is 14.8 Å². The van der Waals surface area contributed by atoms with Crippen LogP contribution in [0.1, 0.15) is 29.4 Å². The summed E-state index contributed by atoms with van der Waals surface area (Å²) in [5, 5.41) is 6.91. The third-order valence-electron chi connectivity index (χ3n) is 3.90. The molecule has 1 aromatic carbocycles. The lowest BCUT2D eigenvalue weighted by atomic mass is 10.0. The van der Waals surface area contributed by atoms with E-state index in [1.165, 1.54) is 0 Å². The van der Waals surface area contributed by atoms with Gasteiger partial charge in [0.2, 0.25) is 0 Å². The number of amides is 1. The highest BCUT2D eigenvalue weighted by atomic mass is 16.5. The Labute approximate surface area is 147 Å². The Hall–Kier alpha value is -2.54. The van der Waals surface area contributed by atoms with Crippen molar-refractivity contribution in [1.82, 2.24) is 10.5 Å². The van der Waals surface area contributed by atoms with Crippen LogP contribution in [0.3, 0.4) is 0 Å². The van der Waals surface area contributed by atoms with Gasteiger partial charge in [-0.1, -0.05) is 12.1 Å². The molecule has 1 amide bonds. The minimum atomic E-state index is -0.251. The van der Waals surface area contributed by atoms with Crippen LogP contribution in [-0.2, 0) is 4.74 Å². The quantitative estimate of drug-likeness (QED) is 0.790. The summed E-state index contributed by atoms with van der Waals surface area (Å²) in [6, 6.07) is 5.20. The molecule has 0 saturated carbocycles. The van der Waals surface area contributed by atoms with Gasteiger partial charge in [0.25, 0.3) is 5.91 Å². The van der Waals surface area contributed by atoms with Gasteiger partial charge in [0.1, 0.15) is 17.1 Å². The van der Waals surface area contributed by atoms with Crippen LogP contribution in [0.5, 0.6) is 11.5 Å². The van der Waals surface area contributed by atoms with Gasteiger partial charge in [0.05, 0.1) is 32.6 Å². The van der Waals surface area contributed by atoms with E-state index in [-0.39, 0.29) is 11.9 Å². The highest BCUT2D eigenvalue weighted by Crippen LogP contribution is 2.33. The molecule has 0 aliphatic carbocycles. The lowest BCUT2D eigenvalue weighted by molar-refractivity contribution is 0.0894. The van der Waals surface area contributed by atoms with E-state index in [2.05, 4.69) is 10.5 Å². The molecular weight excluding hydrogens is 324 g/mol. The molecule has 1 heterocycles. The first-order valence-corrected chi connectivity index (χ1v) is 8.03. The number of carbonyl (C=O) groups is 1. The molecular formula is C18H24N2O5. The number of nitrogens with one attached hydrogen (secondary N) is 1. The number of hydrogen-bond acceptors (Lipinski definition) is 6. The predicted molar refractivity (Wildman–Crippen MR) is 93.2 cm³/mol. The van der Waals surface area contributed by atoms with E-state index in [0.717, 1.165) is 6.42 Å². The number of benzene rings is 1. The van der Waals surface area contributed by atoms with Crippen LogP contribution >= 0.6 is 0 Å². The second-order valence-electron chi connectivity index (χ2n) is 5.61. The van der Waals surface area contributed by atoms with Crippen LogP contribution in [0.25, 0.3) is 11.3 Å². The topological polar surface area (TPSA) is 82.8 Å². The molecule has 2 aromatic rings. The highest BCUT2D eigenvalue weighted by molar-refractivity contribution is 6.00. The summed E-state index contributed by atoms with van der Waals surface area (Å²) in [5.74, 6) is 1.32. The van der Waals surface area contributed by atoms with Gasteiger partial charge < -0.3 is 24.1 Å². The van der Waals surface area contributed by atoms with Crippen LogP contribution in [0.2, 0.25) is 0 Å². The fraction of sp³-hybridized carbons (Fsp3) is 0.444. The number of methoxy groups -OCH3 is 3. The molecule has 0 fully saturated rings. The Balaban J connectivity index is 2.40. The van der Waals surface area contributed by atoms with Crippen molar-refractivity contribution in [3.05, 3.63) is 29.5 Å². The van der Waals surface area contributed by atoms with Gasteiger partial charge in [-0.15, -0.1) is 0 Å².